The van der Waals surface area contributed by atoms with Crippen molar-refractivity contribution in [3.63, 3.8) is 0 Å². The largest absolute Gasteiger partial charge is 2.00 e. The molecule has 3 aromatic heterocycles. The predicted molar refractivity (Wildman–Crippen MR) is 206 cm³/mol. The maximum atomic E-state index is 6.45. The summed E-state index contributed by atoms with van der Waals surface area (Å²) >= 11 is 0. The van der Waals surface area contributed by atoms with E-state index in [0.29, 0.717) is 23.3 Å². The fourth-order valence-corrected chi connectivity index (χ4v) is 7.30. The molecule has 3 heterocycles. The van der Waals surface area contributed by atoms with E-state index in [0.717, 1.165) is 70.1 Å². The Morgan fingerprint density at radius 1 is 0.765 bits per heavy atom. The number of ether oxygens (including phenoxy) is 1. The van der Waals surface area contributed by atoms with Gasteiger partial charge in [-0.15, -0.1) is 35.7 Å². The van der Waals surface area contributed by atoms with Crippen molar-refractivity contribution in [1.29, 1.82) is 0 Å². The van der Waals surface area contributed by atoms with Crippen molar-refractivity contribution in [2.45, 2.75) is 74.1 Å². The summed E-state index contributed by atoms with van der Waals surface area (Å²) < 4.78 is 10.5. The molecule has 0 unspecified atom stereocenters. The van der Waals surface area contributed by atoms with Crippen molar-refractivity contribution >= 4 is 21.8 Å². The molecule has 0 atom stereocenters. The third-order valence-electron chi connectivity index (χ3n) is 9.49. The molecule has 51 heavy (non-hydrogen) atoms. The van der Waals surface area contributed by atoms with Crippen LogP contribution in [0.4, 0.5) is 0 Å². The molecule has 0 bridgehead atoms. The van der Waals surface area contributed by atoms with E-state index in [1.807, 2.05) is 47.4 Å². The van der Waals surface area contributed by atoms with Crippen LogP contribution in [-0.4, -0.2) is 19.3 Å². The van der Waals surface area contributed by atoms with Crippen LogP contribution in [0.5, 0.6) is 11.5 Å². The standard InChI is InChI=1S/C45H46N4O.Pt/c1-8-32-24-33(9-2)41(22-30(5)6)45(40(32)21-29(3)4)34-27-47-48(28-34)35-13-12-14-36(25-35)50-37-17-18-39-38-15-10-11-16-42(38)49(43(39)26-37)44-23-31(7)19-20-46-44;/h10-20,23-24,27-30H,8-9,21-22H2,1-7H3;/q-2;+2. The third kappa shape index (κ3) is 7.32. The molecule has 0 saturated heterocycles. The van der Waals surface area contributed by atoms with Gasteiger partial charge in [-0.2, -0.15) is 17.2 Å². The Kier molecular flexibility index (Phi) is 11.0. The zero-order valence-electron chi connectivity index (χ0n) is 30.7. The number of rotatable bonds is 11. The van der Waals surface area contributed by atoms with Gasteiger partial charge in [-0.05, 0) is 107 Å². The van der Waals surface area contributed by atoms with Gasteiger partial charge in [-0.25, -0.2) is 4.98 Å². The molecule has 4 aromatic carbocycles. The molecule has 0 fully saturated rings. The molecule has 262 valence electrons. The minimum absolute atomic E-state index is 0. The Bertz CT molecular complexity index is 2280. The third-order valence-corrected chi connectivity index (χ3v) is 9.49. The maximum Gasteiger partial charge on any atom is 2.00 e. The van der Waals surface area contributed by atoms with Crippen molar-refractivity contribution in [3.8, 4) is 34.1 Å². The van der Waals surface area contributed by atoms with E-state index in [1.165, 1.54) is 27.8 Å². The summed E-state index contributed by atoms with van der Waals surface area (Å²) in [5.74, 6) is 3.19. The number of aromatic nitrogens is 4. The number of benzene rings is 4. The van der Waals surface area contributed by atoms with Crippen molar-refractivity contribution in [3.05, 3.63) is 131 Å². The maximum absolute atomic E-state index is 6.45. The summed E-state index contributed by atoms with van der Waals surface area (Å²) in [5.41, 5.74) is 12.4. The molecule has 0 N–H and O–H groups in total. The second-order valence-electron chi connectivity index (χ2n) is 14.2. The van der Waals surface area contributed by atoms with Gasteiger partial charge < -0.3 is 9.30 Å². The van der Waals surface area contributed by atoms with E-state index in [1.54, 1.807) is 0 Å². The smallest absolute Gasteiger partial charge is 0.509 e. The second kappa shape index (κ2) is 15.4. The van der Waals surface area contributed by atoms with Crippen LogP contribution in [0.15, 0.2) is 91.4 Å². The summed E-state index contributed by atoms with van der Waals surface area (Å²) in [6, 6.07) is 32.1. The first-order valence-corrected chi connectivity index (χ1v) is 18.0. The molecule has 0 amide bonds. The second-order valence-corrected chi connectivity index (χ2v) is 14.2. The van der Waals surface area contributed by atoms with Crippen LogP contribution in [0.3, 0.4) is 0 Å². The Hall–Kier alpha value is -4.47. The molecule has 7 rings (SSSR count). The minimum atomic E-state index is 0. The van der Waals surface area contributed by atoms with E-state index in [4.69, 9.17) is 14.8 Å². The number of fused-ring (bicyclic) bond motifs is 3. The average molecular weight is 854 g/mol. The Morgan fingerprint density at radius 3 is 2.16 bits per heavy atom. The van der Waals surface area contributed by atoms with Crippen LogP contribution in [0.2, 0.25) is 0 Å². The Morgan fingerprint density at radius 2 is 1.47 bits per heavy atom. The fraction of sp³-hybridized carbons (Fsp3) is 0.289. The van der Waals surface area contributed by atoms with Crippen LogP contribution < -0.4 is 4.74 Å². The van der Waals surface area contributed by atoms with Gasteiger partial charge in [0.2, 0.25) is 0 Å². The normalized spacial score (nSPS) is 11.5. The number of nitrogens with zero attached hydrogens (tertiary/aromatic N) is 4. The number of aryl methyl sites for hydroxylation is 3. The molecular weight excluding hydrogens is 808 g/mol. The molecule has 7 aromatic rings. The quantitative estimate of drug-likeness (QED) is 0.122. The number of para-hydroxylation sites is 1. The van der Waals surface area contributed by atoms with Gasteiger partial charge in [0, 0.05) is 35.0 Å². The van der Waals surface area contributed by atoms with Crippen LogP contribution in [0.25, 0.3) is 44.4 Å². The van der Waals surface area contributed by atoms with Crippen molar-refractivity contribution in [2.75, 3.05) is 0 Å². The van der Waals surface area contributed by atoms with E-state index >= 15 is 0 Å². The minimum Gasteiger partial charge on any atom is -0.509 e. The summed E-state index contributed by atoms with van der Waals surface area (Å²) in [6.45, 7) is 15.9. The fourth-order valence-electron chi connectivity index (χ4n) is 7.30. The van der Waals surface area contributed by atoms with E-state index in [2.05, 4.69) is 114 Å². The van der Waals surface area contributed by atoms with Crippen molar-refractivity contribution in [1.82, 2.24) is 19.3 Å². The number of pyridine rings is 1. The van der Waals surface area contributed by atoms with Crippen LogP contribution >= 0.6 is 0 Å². The molecule has 0 radical (unpaired) electrons. The van der Waals surface area contributed by atoms with Gasteiger partial charge >= 0.3 is 21.1 Å². The van der Waals surface area contributed by atoms with Gasteiger partial charge in [-0.1, -0.05) is 71.3 Å². The van der Waals surface area contributed by atoms with E-state index in [-0.39, 0.29) is 21.1 Å². The topological polar surface area (TPSA) is 44.9 Å². The van der Waals surface area contributed by atoms with Crippen molar-refractivity contribution < 1.29 is 25.8 Å². The Labute approximate surface area is 317 Å². The molecular formula is C45H46N4OPt. The van der Waals surface area contributed by atoms with Crippen molar-refractivity contribution in [2.24, 2.45) is 11.8 Å². The van der Waals surface area contributed by atoms with Crippen LogP contribution in [-0.2, 0) is 46.7 Å². The molecule has 6 heteroatoms. The molecule has 0 spiro atoms. The molecule has 0 saturated carbocycles. The molecule has 0 aliphatic rings. The molecule has 0 aliphatic heterocycles. The zero-order valence-corrected chi connectivity index (χ0v) is 32.9. The van der Waals surface area contributed by atoms with E-state index < -0.39 is 0 Å². The van der Waals surface area contributed by atoms with Gasteiger partial charge in [0.1, 0.15) is 5.82 Å². The predicted octanol–water partition coefficient (Wildman–Crippen LogP) is 11.3. The SMILES string of the molecule is CCc1cc(CC)c(CC(C)C)c(-c2cnn(-c3[c-]c(Oc4[c-]c5c(cc4)c4ccccc4n5-c4cc(C)ccn4)ccc3)c2)c1CC(C)C.[Pt+2]. The first-order chi connectivity index (χ1) is 24.2. The van der Waals surface area contributed by atoms with Crippen LogP contribution in [0, 0.1) is 30.9 Å². The summed E-state index contributed by atoms with van der Waals surface area (Å²) in [7, 11) is 0. The first kappa shape index (κ1) is 36.3. The van der Waals surface area contributed by atoms with Gasteiger partial charge in [0.15, 0.2) is 0 Å². The number of hydrogen-bond acceptors (Lipinski definition) is 3. The first-order valence-electron chi connectivity index (χ1n) is 18.0. The van der Waals surface area contributed by atoms with Gasteiger partial charge in [0.05, 0.1) is 6.20 Å². The summed E-state index contributed by atoms with van der Waals surface area (Å²) in [4.78, 5) is 4.71. The Balaban J connectivity index is 0.00000448. The molecule has 0 aliphatic carbocycles. The molecule has 5 nitrogen and oxygen atoms in total. The average Bonchev–Trinajstić information content (AvgIpc) is 3.71. The summed E-state index contributed by atoms with van der Waals surface area (Å²) in [6.07, 6.45) is 10.2. The zero-order chi connectivity index (χ0) is 34.9. The van der Waals surface area contributed by atoms with Gasteiger partial charge in [-0.3, -0.25) is 4.68 Å². The van der Waals surface area contributed by atoms with E-state index in [9.17, 15) is 0 Å². The van der Waals surface area contributed by atoms with Gasteiger partial charge in [0.25, 0.3) is 0 Å². The number of hydrogen-bond donors (Lipinski definition) is 0. The monoisotopic (exact) mass is 853 g/mol. The van der Waals surface area contributed by atoms with Crippen LogP contribution in [0.1, 0.15) is 69.4 Å². The summed E-state index contributed by atoms with van der Waals surface area (Å²) in [5, 5.41) is 7.15.